The van der Waals surface area contributed by atoms with Crippen molar-refractivity contribution in [3.63, 3.8) is 0 Å². The second-order valence-corrected chi connectivity index (χ2v) is 5.33. The molecule has 0 aromatic heterocycles. The van der Waals surface area contributed by atoms with E-state index < -0.39 is 23.7 Å². The Morgan fingerprint density at radius 1 is 1.08 bits per heavy atom. The molecule has 0 aliphatic carbocycles. The summed E-state index contributed by atoms with van der Waals surface area (Å²) in [6.45, 7) is 3.12. The van der Waals surface area contributed by atoms with Crippen LogP contribution in [0.15, 0.2) is 48.5 Å². The standard InChI is InChI=1S/C18H19FN2O4/c1-12-7-9-14(10-8-12)24-11-17(22)20-21-18(23)13(2)25-16-6-4-3-5-15(16)19/h3-10,13H,11H2,1-2H3,(H,20,22)(H,21,23). The lowest BCUT2D eigenvalue weighted by Gasteiger charge is -2.15. The molecule has 0 spiro atoms. The van der Waals surface area contributed by atoms with Gasteiger partial charge in [0.25, 0.3) is 11.8 Å². The van der Waals surface area contributed by atoms with E-state index in [1.165, 1.54) is 25.1 Å². The van der Waals surface area contributed by atoms with Crippen molar-refractivity contribution in [3.8, 4) is 11.5 Å². The van der Waals surface area contributed by atoms with Crippen LogP contribution >= 0.6 is 0 Å². The summed E-state index contributed by atoms with van der Waals surface area (Å²) >= 11 is 0. The van der Waals surface area contributed by atoms with E-state index in [4.69, 9.17) is 9.47 Å². The van der Waals surface area contributed by atoms with Gasteiger partial charge in [0.2, 0.25) is 0 Å². The number of carbonyl (C=O) groups is 2. The lowest BCUT2D eigenvalue weighted by atomic mass is 10.2. The monoisotopic (exact) mass is 346 g/mol. The van der Waals surface area contributed by atoms with E-state index in [1.54, 1.807) is 18.2 Å². The van der Waals surface area contributed by atoms with E-state index in [1.807, 2.05) is 19.1 Å². The number of benzene rings is 2. The van der Waals surface area contributed by atoms with Crippen LogP contribution in [-0.2, 0) is 9.59 Å². The summed E-state index contributed by atoms with van der Waals surface area (Å²) in [7, 11) is 0. The molecule has 6 nitrogen and oxygen atoms in total. The van der Waals surface area contributed by atoms with Crippen molar-refractivity contribution in [1.82, 2.24) is 10.9 Å². The Balaban J connectivity index is 1.74. The minimum absolute atomic E-state index is 0.0424. The number of carbonyl (C=O) groups excluding carboxylic acids is 2. The molecule has 0 aliphatic heterocycles. The first-order chi connectivity index (χ1) is 12.0. The van der Waals surface area contributed by atoms with E-state index in [0.717, 1.165) is 5.56 Å². The van der Waals surface area contributed by atoms with Crippen LogP contribution in [-0.4, -0.2) is 24.5 Å². The molecule has 7 heteroatoms. The highest BCUT2D eigenvalue weighted by Crippen LogP contribution is 2.16. The summed E-state index contributed by atoms with van der Waals surface area (Å²) in [4.78, 5) is 23.5. The van der Waals surface area contributed by atoms with Crippen LogP contribution in [0.5, 0.6) is 11.5 Å². The van der Waals surface area contributed by atoms with E-state index in [9.17, 15) is 14.0 Å². The Bertz CT molecular complexity index is 734. The maximum absolute atomic E-state index is 13.5. The lowest BCUT2D eigenvalue weighted by molar-refractivity contribution is -0.133. The average Bonchev–Trinajstić information content (AvgIpc) is 2.61. The molecule has 2 amide bonds. The number of para-hydroxylation sites is 1. The van der Waals surface area contributed by atoms with Gasteiger partial charge in [-0.15, -0.1) is 0 Å². The third-order valence-electron chi connectivity index (χ3n) is 3.23. The topological polar surface area (TPSA) is 76.7 Å². The molecule has 2 N–H and O–H groups in total. The number of hydrogen-bond acceptors (Lipinski definition) is 4. The predicted octanol–water partition coefficient (Wildman–Crippen LogP) is 2.13. The minimum Gasteiger partial charge on any atom is -0.484 e. The van der Waals surface area contributed by atoms with Crippen molar-refractivity contribution in [1.29, 1.82) is 0 Å². The van der Waals surface area contributed by atoms with Gasteiger partial charge in [0.15, 0.2) is 24.3 Å². The van der Waals surface area contributed by atoms with Gasteiger partial charge in [0.05, 0.1) is 0 Å². The molecule has 0 aliphatic rings. The number of rotatable bonds is 6. The molecule has 0 bridgehead atoms. The molecule has 25 heavy (non-hydrogen) atoms. The third kappa shape index (κ3) is 5.80. The van der Waals surface area contributed by atoms with E-state index in [-0.39, 0.29) is 12.4 Å². The Hall–Kier alpha value is -3.09. The number of nitrogens with one attached hydrogen (secondary N) is 2. The van der Waals surface area contributed by atoms with Crippen LogP contribution in [0.2, 0.25) is 0 Å². The van der Waals surface area contributed by atoms with E-state index in [2.05, 4.69) is 10.9 Å². The molecule has 0 radical (unpaired) electrons. The van der Waals surface area contributed by atoms with Gasteiger partial charge in [-0.25, -0.2) is 4.39 Å². The zero-order valence-corrected chi connectivity index (χ0v) is 13.9. The van der Waals surface area contributed by atoms with Crippen LogP contribution in [0.1, 0.15) is 12.5 Å². The Kier molecular flexibility index (Phi) is 6.33. The van der Waals surface area contributed by atoms with Gasteiger partial charge >= 0.3 is 0 Å². The minimum atomic E-state index is -0.991. The van der Waals surface area contributed by atoms with Crippen LogP contribution in [0, 0.1) is 12.7 Å². The SMILES string of the molecule is Cc1ccc(OCC(=O)NNC(=O)C(C)Oc2ccccc2F)cc1. The maximum Gasteiger partial charge on any atom is 0.279 e. The van der Waals surface area contributed by atoms with Gasteiger partial charge in [-0.2, -0.15) is 0 Å². The third-order valence-corrected chi connectivity index (χ3v) is 3.23. The second-order valence-electron chi connectivity index (χ2n) is 5.33. The van der Waals surface area contributed by atoms with Crippen LogP contribution in [0.25, 0.3) is 0 Å². The number of ether oxygens (including phenoxy) is 2. The van der Waals surface area contributed by atoms with Crippen LogP contribution in [0.3, 0.4) is 0 Å². The van der Waals surface area contributed by atoms with Crippen molar-refractivity contribution in [2.75, 3.05) is 6.61 Å². The van der Waals surface area contributed by atoms with Crippen molar-refractivity contribution in [3.05, 3.63) is 59.9 Å². The molecule has 0 saturated carbocycles. The summed E-state index contributed by atoms with van der Waals surface area (Å²) in [5.74, 6) is -1.22. The molecule has 2 aromatic rings. The van der Waals surface area contributed by atoms with Gasteiger partial charge in [0, 0.05) is 0 Å². The zero-order chi connectivity index (χ0) is 18.2. The smallest absolute Gasteiger partial charge is 0.279 e. The summed E-state index contributed by atoms with van der Waals surface area (Å²) in [6, 6.07) is 12.9. The molecule has 132 valence electrons. The average molecular weight is 346 g/mol. The fraction of sp³-hybridized carbons (Fsp3) is 0.222. The Morgan fingerprint density at radius 3 is 2.44 bits per heavy atom. The molecule has 2 aromatic carbocycles. The Morgan fingerprint density at radius 2 is 1.76 bits per heavy atom. The summed E-state index contributed by atoms with van der Waals surface area (Å²) in [6.07, 6.45) is -0.991. The van der Waals surface area contributed by atoms with Crippen molar-refractivity contribution >= 4 is 11.8 Å². The van der Waals surface area contributed by atoms with Crippen molar-refractivity contribution in [2.24, 2.45) is 0 Å². The van der Waals surface area contributed by atoms with Gasteiger partial charge in [-0.05, 0) is 38.1 Å². The molecule has 2 rings (SSSR count). The first-order valence-corrected chi connectivity index (χ1v) is 7.65. The lowest BCUT2D eigenvalue weighted by Crippen LogP contribution is -2.48. The first-order valence-electron chi connectivity index (χ1n) is 7.65. The fourth-order valence-electron chi connectivity index (χ4n) is 1.84. The van der Waals surface area contributed by atoms with Crippen molar-refractivity contribution in [2.45, 2.75) is 20.0 Å². The number of amides is 2. The number of aryl methyl sites for hydroxylation is 1. The van der Waals surface area contributed by atoms with E-state index in [0.29, 0.717) is 5.75 Å². The largest absolute Gasteiger partial charge is 0.484 e. The molecule has 0 saturated heterocycles. The van der Waals surface area contributed by atoms with Gasteiger partial charge in [-0.1, -0.05) is 29.8 Å². The van der Waals surface area contributed by atoms with Gasteiger partial charge < -0.3 is 9.47 Å². The van der Waals surface area contributed by atoms with Crippen LogP contribution in [0.4, 0.5) is 4.39 Å². The normalized spacial score (nSPS) is 11.3. The molecular weight excluding hydrogens is 327 g/mol. The molecule has 1 atom stereocenters. The molecular formula is C18H19FN2O4. The van der Waals surface area contributed by atoms with E-state index >= 15 is 0 Å². The maximum atomic E-state index is 13.5. The zero-order valence-electron chi connectivity index (χ0n) is 13.9. The molecule has 1 unspecified atom stereocenters. The first kappa shape index (κ1) is 18.3. The highest BCUT2D eigenvalue weighted by molar-refractivity contribution is 5.85. The predicted molar refractivity (Wildman–Crippen MR) is 89.4 cm³/mol. The molecule has 0 heterocycles. The van der Waals surface area contributed by atoms with Crippen LogP contribution < -0.4 is 20.3 Å². The summed E-state index contributed by atoms with van der Waals surface area (Å²) in [5.41, 5.74) is 5.49. The summed E-state index contributed by atoms with van der Waals surface area (Å²) in [5, 5.41) is 0. The second kappa shape index (κ2) is 8.68. The van der Waals surface area contributed by atoms with Crippen molar-refractivity contribution < 1.29 is 23.5 Å². The number of hydrazine groups is 1. The number of hydrogen-bond donors (Lipinski definition) is 2. The summed E-state index contributed by atoms with van der Waals surface area (Å²) < 4.78 is 24.0. The van der Waals surface area contributed by atoms with Gasteiger partial charge in [-0.3, -0.25) is 20.4 Å². The number of halogens is 1. The Labute approximate surface area is 144 Å². The molecule has 0 fully saturated rings. The quantitative estimate of drug-likeness (QED) is 0.786. The van der Waals surface area contributed by atoms with Gasteiger partial charge in [0.1, 0.15) is 5.75 Å². The highest BCUT2D eigenvalue weighted by Gasteiger charge is 2.17. The highest BCUT2D eigenvalue weighted by atomic mass is 19.1. The fourth-order valence-corrected chi connectivity index (χ4v) is 1.84.